The highest BCUT2D eigenvalue weighted by atomic mass is 28.3. The van der Waals surface area contributed by atoms with E-state index in [1.807, 2.05) is 0 Å². The summed E-state index contributed by atoms with van der Waals surface area (Å²) in [7, 11) is -0.245. The van der Waals surface area contributed by atoms with Gasteiger partial charge in [0.1, 0.15) is 6.10 Å². The SMILES string of the molecule is CCCCOC(CC)C(OCCCC)(OCCCC)[Si](C)(C)COC. The maximum atomic E-state index is 6.55. The van der Waals surface area contributed by atoms with Crippen molar-refractivity contribution < 1.29 is 18.9 Å². The summed E-state index contributed by atoms with van der Waals surface area (Å²) < 4.78 is 25.0. The van der Waals surface area contributed by atoms with E-state index in [2.05, 4.69) is 40.8 Å². The number of hydrogen-bond acceptors (Lipinski definition) is 4. The van der Waals surface area contributed by atoms with E-state index >= 15 is 0 Å². The first kappa shape index (κ1) is 25.1. The van der Waals surface area contributed by atoms with Crippen LogP contribution in [0.1, 0.15) is 72.6 Å². The van der Waals surface area contributed by atoms with Crippen LogP contribution in [0.25, 0.3) is 0 Å². The van der Waals surface area contributed by atoms with E-state index in [0.29, 0.717) is 6.23 Å². The molecule has 0 radical (unpaired) electrons. The fraction of sp³-hybridized carbons (Fsp3) is 1.00. The first-order valence-corrected chi connectivity index (χ1v) is 13.5. The molecule has 0 spiro atoms. The fourth-order valence-corrected chi connectivity index (χ4v) is 6.19. The van der Waals surface area contributed by atoms with Crippen molar-refractivity contribution in [3.05, 3.63) is 0 Å². The predicted molar refractivity (Wildman–Crippen MR) is 109 cm³/mol. The second-order valence-electron chi connectivity index (χ2n) is 7.51. The van der Waals surface area contributed by atoms with Crippen LogP contribution in [0.15, 0.2) is 0 Å². The summed E-state index contributed by atoms with van der Waals surface area (Å²) in [4.78, 5) is 0. The summed E-state index contributed by atoms with van der Waals surface area (Å²) in [6, 6.07) is 0. The largest absolute Gasteiger partial charge is 0.388 e. The lowest BCUT2D eigenvalue weighted by molar-refractivity contribution is -0.249. The summed E-state index contributed by atoms with van der Waals surface area (Å²) in [5, 5.41) is 0. The highest BCUT2D eigenvalue weighted by Crippen LogP contribution is 2.35. The molecule has 5 heteroatoms. The molecule has 0 saturated heterocycles. The highest BCUT2D eigenvalue weighted by Gasteiger charge is 2.55. The predicted octanol–water partition coefficient (Wildman–Crippen LogP) is 5.34. The van der Waals surface area contributed by atoms with Gasteiger partial charge < -0.3 is 18.9 Å². The lowest BCUT2D eigenvalue weighted by Gasteiger charge is -2.48. The van der Waals surface area contributed by atoms with E-state index in [0.717, 1.165) is 64.8 Å². The highest BCUT2D eigenvalue weighted by molar-refractivity contribution is 6.80. The molecule has 0 aromatic heterocycles. The Morgan fingerprint density at radius 1 is 0.800 bits per heavy atom. The van der Waals surface area contributed by atoms with Crippen LogP contribution < -0.4 is 0 Å². The maximum Gasteiger partial charge on any atom is 0.178 e. The summed E-state index contributed by atoms with van der Waals surface area (Å²) in [5.41, 5.74) is -0.643. The molecule has 0 fully saturated rings. The van der Waals surface area contributed by atoms with Crippen LogP contribution >= 0.6 is 0 Å². The van der Waals surface area contributed by atoms with Gasteiger partial charge in [-0.2, -0.15) is 0 Å². The molecule has 1 atom stereocenters. The van der Waals surface area contributed by atoms with Crippen LogP contribution in [0.4, 0.5) is 0 Å². The molecule has 4 nitrogen and oxygen atoms in total. The molecule has 1 unspecified atom stereocenters. The molecule has 0 N–H and O–H groups in total. The van der Waals surface area contributed by atoms with Gasteiger partial charge in [0.25, 0.3) is 0 Å². The van der Waals surface area contributed by atoms with Crippen molar-refractivity contribution >= 4 is 8.07 Å². The molecule has 0 saturated carbocycles. The van der Waals surface area contributed by atoms with Crippen LogP contribution in [0.3, 0.4) is 0 Å². The molecular formula is C20H44O4Si. The van der Waals surface area contributed by atoms with Crippen LogP contribution in [0.5, 0.6) is 0 Å². The van der Waals surface area contributed by atoms with Gasteiger partial charge >= 0.3 is 0 Å². The van der Waals surface area contributed by atoms with Crippen LogP contribution in [-0.4, -0.2) is 52.7 Å². The summed E-state index contributed by atoms with van der Waals surface area (Å²) in [6.07, 6.45) is 8.09. The Balaban J connectivity index is 5.57. The van der Waals surface area contributed by atoms with Crippen molar-refractivity contribution in [3.63, 3.8) is 0 Å². The zero-order chi connectivity index (χ0) is 19.2. The third-order valence-electron chi connectivity index (χ3n) is 4.69. The second kappa shape index (κ2) is 14.2. The number of ether oxygens (including phenoxy) is 4. The van der Waals surface area contributed by atoms with Crippen molar-refractivity contribution in [2.45, 2.75) is 97.2 Å². The number of unbranched alkanes of at least 4 members (excludes halogenated alkanes) is 3. The van der Waals surface area contributed by atoms with E-state index in [4.69, 9.17) is 18.9 Å². The molecule has 0 rings (SSSR count). The molecule has 152 valence electrons. The van der Waals surface area contributed by atoms with E-state index in [9.17, 15) is 0 Å². The van der Waals surface area contributed by atoms with E-state index < -0.39 is 13.5 Å². The second-order valence-corrected chi connectivity index (χ2v) is 12.3. The molecule has 0 bridgehead atoms. The minimum atomic E-state index is -2.02. The van der Waals surface area contributed by atoms with Crippen molar-refractivity contribution in [1.82, 2.24) is 0 Å². The standard InChI is InChI=1S/C20H44O4Si/c1-8-12-15-22-19(11-4)20(23-16-13-9-2,24-17-14-10-3)25(6,7)18-21-5/h19H,8-18H2,1-7H3. The maximum absolute atomic E-state index is 6.55. The van der Waals surface area contributed by atoms with Gasteiger partial charge in [0.2, 0.25) is 0 Å². The van der Waals surface area contributed by atoms with Gasteiger partial charge in [-0.25, -0.2) is 0 Å². The smallest absolute Gasteiger partial charge is 0.178 e. The fourth-order valence-electron chi connectivity index (χ4n) is 3.12. The van der Waals surface area contributed by atoms with Gasteiger partial charge in [-0.05, 0) is 25.7 Å². The molecule has 0 aromatic rings. The minimum Gasteiger partial charge on any atom is -0.388 e. The Labute approximate surface area is 158 Å². The topological polar surface area (TPSA) is 36.9 Å². The van der Waals surface area contributed by atoms with Crippen molar-refractivity contribution in [2.24, 2.45) is 0 Å². The van der Waals surface area contributed by atoms with Crippen molar-refractivity contribution in [2.75, 3.05) is 33.2 Å². The van der Waals surface area contributed by atoms with E-state index in [1.165, 1.54) is 0 Å². The summed E-state index contributed by atoms with van der Waals surface area (Å²) in [5.74, 6) is 0. The van der Waals surface area contributed by atoms with E-state index in [1.54, 1.807) is 7.11 Å². The van der Waals surface area contributed by atoms with E-state index in [-0.39, 0.29) is 6.10 Å². The molecule has 0 heterocycles. The Bertz CT molecular complexity index is 300. The first-order chi connectivity index (χ1) is 12.0. The molecule has 0 aliphatic carbocycles. The molecule has 0 aromatic carbocycles. The zero-order valence-electron chi connectivity index (χ0n) is 18.0. The average Bonchev–Trinajstić information content (AvgIpc) is 2.58. The van der Waals surface area contributed by atoms with Gasteiger partial charge in [-0.3, -0.25) is 0 Å². The minimum absolute atomic E-state index is 0.0374. The Hall–Kier alpha value is 0.0569. The van der Waals surface area contributed by atoms with Gasteiger partial charge in [-0.15, -0.1) is 0 Å². The lowest BCUT2D eigenvalue weighted by atomic mass is 10.2. The van der Waals surface area contributed by atoms with Crippen LogP contribution in [-0.2, 0) is 18.9 Å². The van der Waals surface area contributed by atoms with Crippen molar-refractivity contribution in [1.29, 1.82) is 0 Å². The summed E-state index contributed by atoms with van der Waals surface area (Å²) >= 11 is 0. The van der Waals surface area contributed by atoms with Crippen LogP contribution in [0.2, 0.25) is 13.1 Å². The van der Waals surface area contributed by atoms with Gasteiger partial charge in [0.15, 0.2) is 13.5 Å². The number of methoxy groups -OCH3 is 1. The van der Waals surface area contributed by atoms with Gasteiger partial charge in [-0.1, -0.05) is 60.1 Å². The Kier molecular flexibility index (Phi) is 14.2. The Morgan fingerprint density at radius 2 is 1.28 bits per heavy atom. The lowest BCUT2D eigenvalue weighted by Crippen LogP contribution is -2.67. The molecule has 0 aliphatic rings. The monoisotopic (exact) mass is 376 g/mol. The number of hydrogen-bond donors (Lipinski definition) is 0. The Morgan fingerprint density at radius 3 is 1.68 bits per heavy atom. The van der Waals surface area contributed by atoms with Gasteiger partial charge in [0, 0.05) is 33.2 Å². The summed E-state index contributed by atoms with van der Waals surface area (Å²) in [6.45, 7) is 15.6. The first-order valence-electron chi connectivity index (χ1n) is 10.3. The zero-order valence-corrected chi connectivity index (χ0v) is 19.0. The average molecular weight is 377 g/mol. The number of rotatable bonds is 17. The normalized spacial score (nSPS) is 14.0. The quantitative estimate of drug-likeness (QED) is 0.195. The molecule has 0 amide bonds. The van der Waals surface area contributed by atoms with Crippen molar-refractivity contribution in [3.8, 4) is 0 Å². The molecule has 0 aliphatic heterocycles. The van der Waals surface area contributed by atoms with Gasteiger partial charge in [0.05, 0.1) is 0 Å². The third kappa shape index (κ3) is 8.08. The molecule has 25 heavy (non-hydrogen) atoms. The van der Waals surface area contributed by atoms with Crippen LogP contribution in [0, 0.1) is 0 Å². The third-order valence-corrected chi connectivity index (χ3v) is 8.20. The molecular weight excluding hydrogens is 332 g/mol.